The van der Waals surface area contributed by atoms with Crippen LogP contribution in [0.15, 0.2) is 18.2 Å². The molecule has 0 aliphatic carbocycles. The Balaban J connectivity index is 0.000000286. The molecule has 1 aromatic rings. The first kappa shape index (κ1) is 16.8. The van der Waals surface area contributed by atoms with E-state index in [4.69, 9.17) is 43.0 Å². The Hall–Kier alpha value is -1.30. The Kier molecular flexibility index (Phi) is 6.78. The highest BCUT2D eigenvalue weighted by molar-refractivity contribution is 6.35. The molecule has 0 saturated carbocycles. The minimum absolute atomic E-state index is 0.708. The van der Waals surface area contributed by atoms with Crippen LogP contribution >= 0.6 is 23.2 Å². The van der Waals surface area contributed by atoms with Crippen molar-refractivity contribution in [3.05, 3.63) is 33.8 Å². The van der Waals surface area contributed by atoms with Gasteiger partial charge in [-0.05, 0) is 43.6 Å². The van der Waals surface area contributed by atoms with E-state index in [-0.39, 0.29) is 0 Å². The zero-order chi connectivity index (χ0) is 15.1. The van der Waals surface area contributed by atoms with Gasteiger partial charge < -0.3 is 10.2 Å². The molecule has 110 valence electrons. The molecule has 1 aromatic carbocycles. The van der Waals surface area contributed by atoms with Crippen molar-refractivity contribution in [1.82, 2.24) is 4.90 Å². The molecule has 1 saturated heterocycles. The van der Waals surface area contributed by atoms with Crippen LogP contribution in [0.2, 0.25) is 10.0 Å². The first-order valence-electron chi connectivity index (χ1n) is 6.02. The maximum atomic E-state index is 9.10. The summed E-state index contributed by atoms with van der Waals surface area (Å²) in [7, 11) is 0. The van der Waals surface area contributed by atoms with Crippen molar-refractivity contribution in [2.45, 2.75) is 19.4 Å². The Bertz CT molecular complexity index is 475. The van der Waals surface area contributed by atoms with Crippen molar-refractivity contribution in [3.63, 3.8) is 0 Å². The van der Waals surface area contributed by atoms with E-state index < -0.39 is 11.9 Å². The second kappa shape index (κ2) is 8.09. The lowest BCUT2D eigenvalue weighted by Gasteiger charge is -2.15. The first-order valence-corrected chi connectivity index (χ1v) is 6.78. The average molecular weight is 320 g/mol. The highest BCUT2D eigenvalue weighted by Gasteiger charge is 2.13. The number of likely N-dealkylation sites (tertiary alicyclic amines) is 1. The number of carboxylic acids is 2. The van der Waals surface area contributed by atoms with E-state index in [2.05, 4.69) is 4.90 Å². The van der Waals surface area contributed by atoms with Gasteiger partial charge in [0.2, 0.25) is 0 Å². The summed E-state index contributed by atoms with van der Waals surface area (Å²) >= 11 is 11.9. The maximum absolute atomic E-state index is 9.10. The summed E-state index contributed by atoms with van der Waals surface area (Å²) in [4.78, 5) is 20.6. The fourth-order valence-electron chi connectivity index (χ4n) is 1.83. The van der Waals surface area contributed by atoms with Gasteiger partial charge in [0.1, 0.15) is 0 Å². The van der Waals surface area contributed by atoms with Crippen molar-refractivity contribution < 1.29 is 19.8 Å². The van der Waals surface area contributed by atoms with Gasteiger partial charge in [-0.2, -0.15) is 0 Å². The van der Waals surface area contributed by atoms with E-state index in [1.807, 2.05) is 18.2 Å². The molecule has 20 heavy (non-hydrogen) atoms. The van der Waals surface area contributed by atoms with Crippen LogP contribution in [0.25, 0.3) is 0 Å². The third kappa shape index (κ3) is 5.77. The molecule has 5 nitrogen and oxygen atoms in total. The zero-order valence-electron chi connectivity index (χ0n) is 10.7. The Labute approximate surface area is 126 Å². The number of aliphatic carboxylic acids is 2. The molecule has 0 aromatic heterocycles. The van der Waals surface area contributed by atoms with Gasteiger partial charge in [0.25, 0.3) is 0 Å². The van der Waals surface area contributed by atoms with E-state index in [0.29, 0.717) is 5.02 Å². The molecule has 7 heteroatoms. The molecule has 1 heterocycles. The Morgan fingerprint density at radius 3 is 2.10 bits per heavy atom. The zero-order valence-corrected chi connectivity index (χ0v) is 12.2. The lowest BCUT2D eigenvalue weighted by molar-refractivity contribution is -0.159. The Morgan fingerprint density at radius 2 is 1.65 bits per heavy atom. The van der Waals surface area contributed by atoms with Crippen molar-refractivity contribution in [3.8, 4) is 0 Å². The van der Waals surface area contributed by atoms with E-state index in [9.17, 15) is 0 Å². The van der Waals surface area contributed by atoms with Gasteiger partial charge in [-0.1, -0.05) is 29.3 Å². The summed E-state index contributed by atoms with van der Waals surface area (Å²) in [5.74, 6) is -3.65. The monoisotopic (exact) mass is 319 g/mol. The molecule has 0 spiro atoms. The summed E-state index contributed by atoms with van der Waals surface area (Å²) in [6.45, 7) is 3.34. The molecule has 1 fully saturated rings. The molecule has 1 aliphatic rings. The van der Waals surface area contributed by atoms with Crippen molar-refractivity contribution in [2.75, 3.05) is 13.1 Å². The van der Waals surface area contributed by atoms with E-state index >= 15 is 0 Å². The maximum Gasteiger partial charge on any atom is 0.414 e. The number of rotatable bonds is 2. The van der Waals surface area contributed by atoms with Crippen molar-refractivity contribution in [2.24, 2.45) is 0 Å². The number of hydrogen-bond donors (Lipinski definition) is 2. The van der Waals surface area contributed by atoms with Crippen molar-refractivity contribution in [1.29, 1.82) is 0 Å². The third-order valence-corrected chi connectivity index (χ3v) is 3.38. The third-order valence-electron chi connectivity index (χ3n) is 2.79. The topological polar surface area (TPSA) is 77.8 Å². The second-order valence-electron chi connectivity index (χ2n) is 4.33. The molecule has 0 unspecified atom stereocenters. The molecule has 2 N–H and O–H groups in total. The fourth-order valence-corrected chi connectivity index (χ4v) is 2.30. The van der Waals surface area contributed by atoms with Crippen LogP contribution in [0, 0.1) is 0 Å². The number of nitrogens with zero attached hydrogens (tertiary/aromatic N) is 1. The van der Waals surface area contributed by atoms with Crippen LogP contribution in [0.1, 0.15) is 18.4 Å². The highest BCUT2D eigenvalue weighted by atomic mass is 35.5. The number of carboxylic acid groups (broad SMARTS) is 2. The molecular formula is C13H15Cl2NO4. The van der Waals surface area contributed by atoms with Crippen LogP contribution in [-0.2, 0) is 16.1 Å². The van der Waals surface area contributed by atoms with Crippen LogP contribution < -0.4 is 0 Å². The summed E-state index contributed by atoms with van der Waals surface area (Å²) in [5.41, 5.74) is 1.18. The SMILES string of the molecule is Clc1ccc(CN2CCCC2)c(Cl)c1.O=C(O)C(=O)O. The largest absolute Gasteiger partial charge is 0.473 e. The first-order chi connectivity index (χ1) is 9.40. The summed E-state index contributed by atoms with van der Waals surface area (Å²) in [5, 5.41) is 16.3. The van der Waals surface area contributed by atoms with E-state index in [1.165, 1.54) is 31.5 Å². The number of halogens is 2. The molecule has 0 radical (unpaired) electrons. The van der Waals surface area contributed by atoms with Gasteiger partial charge in [-0.15, -0.1) is 0 Å². The highest BCUT2D eigenvalue weighted by Crippen LogP contribution is 2.23. The number of carbonyl (C=O) groups is 2. The fraction of sp³-hybridized carbons (Fsp3) is 0.385. The van der Waals surface area contributed by atoms with Crippen LogP contribution in [-0.4, -0.2) is 40.1 Å². The molecule has 0 bridgehead atoms. The predicted molar refractivity (Wildman–Crippen MR) is 76.2 cm³/mol. The van der Waals surface area contributed by atoms with Gasteiger partial charge in [0.05, 0.1) is 0 Å². The van der Waals surface area contributed by atoms with Crippen LogP contribution in [0.4, 0.5) is 0 Å². The molecule has 2 rings (SSSR count). The van der Waals surface area contributed by atoms with Crippen LogP contribution in [0.3, 0.4) is 0 Å². The van der Waals surface area contributed by atoms with Gasteiger partial charge in [0, 0.05) is 16.6 Å². The molecule has 1 aliphatic heterocycles. The van der Waals surface area contributed by atoms with Gasteiger partial charge >= 0.3 is 11.9 Å². The molecule has 0 amide bonds. The predicted octanol–water partition coefficient (Wildman–Crippen LogP) is 2.74. The quantitative estimate of drug-likeness (QED) is 0.819. The van der Waals surface area contributed by atoms with E-state index in [0.717, 1.165) is 11.6 Å². The minimum Gasteiger partial charge on any atom is -0.473 e. The normalized spacial score (nSPS) is 14.5. The smallest absolute Gasteiger partial charge is 0.414 e. The lowest BCUT2D eigenvalue weighted by Crippen LogP contribution is -2.18. The minimum atomic E-state index is -1.82. The van der Waals surface area contributed by atoms with Crippen LogP contribution in [0.5, 0.6) is 0 Å². The Morgan fingerprint density at radius 1 is 1.10 bits per heavy atom. The number of hydrogen-bond acceptors (Lipinski definition) is 3. The van der Waals surface area contributed by atoms with Gasteiger partial charge in [-0.25, -0.2) is 9.59 Å². The molecule has 0 atom stereocenters. The number of benzene rings is 1. The van der Waals surface area contributed by atoms with E-state index in [1.54, 1.807) is 0 Å². The average Bonchev–Trinajstić information content (AvgIpc) is 2.86. The second-order valence-corrected chi connectivity index (χ2v) is 5.17. The molecular weight excluding hydrogens is 305 g/mol. The summed E-state index contributed by atoms with van der Waals surface area (Å²) in [6, 6.07) is 5.73. The summed E-state index contributed by atoms with van der Waals surface area (Å²) < 4.78 is 0. The summed E-state index contributed by atoms with van der Waals surface area (Å²) in [6.07, 6.45) is 2.62. The standard InChI is InChI=1S/C11H13Cl2N.C2H2O4/c12-10-4-3-9(11(13)7-10)8-14-5-1-2-6-14;3-1(4)2(5)6/h3-4,7H,1-2,5-6,8H2;(H,3,4)(H,5,6). The van der Waals surface area contributed by atoms with Gasteiger partial charge in [0.15, 0.2) is 0 Å². The van der Waals surface area contributed by atoms with Crippen molar-refractivity contribution >= 4 is 35.1 Å². The van der Waals surface area contributed by atoms with Gasteiger partial charge in [-0.3, -0.25) is 4.90 Å². The lowest BCUT2D eigenvalue weighted by atomic mass is 10.2.